The van der Waals surface area contributed by atoms with Crippen LogP contribution in [0.4, 0.5) is 25.0 Å². The highest BCUT2D eigenvalue weighted by atomic mass is 32.2. The zero-order valence-electron chi connectivity index (χ0n) is 19.1. The summed E-state index contributed by atoms with van der Waals surface area (Å²) in [7, 11) is 0. The molecule has 3 aromatic carbocycles. The Bertz CT molecular complexity index is 1460. The van der Waals surface area contributed by atoms with Gasteiger partial charge >= 0.3 is 0 Å². The molecule has 0 bridgehead atoms. The van der Waals surface area contributed by atoms with Crippen LogP contribution in [-0.2, 0) is 9.59 Å². The van der Waals surface area contributed by atoms with Crippen molar-refractivity contribution in [2.45, 2.75) is 16.7 Å². The van der Waals surface area contributed by atoms with Crippen molar-refractivity contribution in [1.82, 2.24) is 4.90 Å². The van der Waals surface area contributed by atoms with Crippen LogP contribution in [0.25, 0.3) is 6.08 Å². The molecule has 1 saturated heterocycles. The van der Waals surface area contributed by atoms with Crippen molar-refractivity contribution in [3.05, 3.63) is 98.4 Å². The maximum atomic E-state index is 13.8. The molecule has 0 aromatic heterocycles. The van der Waals surface area contributed by atoms with E-state index in [9.17, 15) is 33.3 Å². The smallest absolute Gasteiger partial charge is 0.294 e. The molecule has 4 rings (SSSR count). The van der Waals surface area contributed by atoms with Crippen molar-refractivity contribution >= 4 is 58.0 Å². The van der Waals surface area contributed by atoms with Crippen molar-refractivity contribution in [3.63, 3.8) is 0 Å². The lowest BCUT2D eigenvalue weighted by Crippen LogP contribution is -2.36. The van der Waals surface area contributed by atoms with E-state index in [2.05, 4.69) is 5.32 Å². The van der Waals surface area contributed by atoms with E-state index < -0.39 is 40.2 Å². The largest absolute Gasteiger partial charge is 0.322 e. The second-order valence-corrected chi connectivity index (χ2v) is 9.95. The number of halogens is 2. The molecule has 0 spiro atoms. The topological polar surface area (TPSA) is 110 Å². The number of rotatable bonds is 7. The van der Waals surface area contributed by atoms with E-state index in [4.69, 9.17) is 0 Å². The van der Waals surface area contributed by atoms with Crippen molar-refractivity contribution < 1.29 is 28.1 Å². The normalized spacial score (nSPS) is 14.4. The number of carbonyl (C=O) groups is 3. The van der Waals surface area contributed by atoms with Crippen molar-refractivity contribution in [2.24, 2.45) is 0 Å². The lowest BCUT2D eigenvalue weighted by atomic mass is 10.2. The maximum absolute atomic E-state index is 13.8. The summed E-state index contributed by atoms with van der Waals surface area (Å²) in [5, 5.41) is 13.1. The molecule has 1 aliphatic heterocycles. The average Bonchev–Trinajstić information content (AvgIpc) is 3.10. The van der Waals surface area contributed by atoms with E-state index in [0.717, 1.165) is 22.6 Å². The Hall–Kier alpha value is -4.03. The van der Waals surface area contributed by atoms with Crippen molar-refractivity contribution in [3.8, 4) is 0 Å². The molecule has 0 aliphatic carbocycles. The summed E-state index contributed by atoms with van der Waals surface area (Å²) in [5.74, 6) is -3.46. The number of hydrogen-bond acceptors (Lipinski definition) is 7. The van der Waals surface area contributed by atoms with Crippen LogP contribution < -0.4 is 5.32 Å². The summed E-state index contributed by atoms with van der Waals surface area (Å²) in [4.78, 5) is 50.4. The van der Waals surface area contributed by atoms with Gasteiger partial charge in [-0.25, -0.2) is 8.78 Å². The summed E-state index contributed by atoms with van der Waals surface area (Å²) in [6, 6.07) is 14.5. The van der Waals surface area contributed by atoms with Crippen LogP contribution in [0.3, 0.4) is 0 Å². The van der Waals surface area contributed by atoms with Gasteiger partial charge in [0, 0.05) is 17.0 Å². The Balaban J connectivity index is 1.49. The Morgan fingerprint density at radius 3 is 2.51 bits per heavy atom. The molecular formula is C25H17F2N3O5S2. The van der Waals surface area contributed by atoms with Crippen LogP contribution in [0.2, 0.25) is 0 Å². The summed E-state index contributed by atoms with van der Waals surface area (Å²) < 4.78 is 26.8. The fourth-order valence-corrected chi connectivity index (χ4v) is 5.04. The Morgan fingerprint density at radius 1 is 1.11 bits per heavy atom. The van der Waals surface area contributed by atoms with Gasteiger partial charge < -0.3 is 5.32 Å². The Kier molecular flexibility index (Phi) is 7.69. The van der Waals surface area contributed by atoms with Gasteiger partial charge in [-0.15, -0.1) is 0 Å². The van der Waals surface area contributed by atoms with Crippen molar-refractivity contribution in [2.75, 3.05) is 11.9 Å². The summed E-state index contributed by atoms with van der Waals surface area (Å²) in [5.41, 5.74) is 0.913. The number of thioether (sulfide) groups is 1. The molecule has 0 unspecified atom stereocenters. The number of amides is 3. The van der Waals surface area contributed by atoms with E-state index >= 15 is 0 Å². The third kappa shape index (κ3) is 6.22. The van der Waals surface area contributed by atoms with E-state index in [1.807, 2.05) is 31.2 Å². The predicted molar refractivity (Wildman–Crippen MR) is 136 cm³/mol. The number of nitro benzene ring substituents is 1. The Labute approximate surface area is 217 Å². The molecular weight excluding hydrogens is 524 g/mol. The lowest BCUT2D eigenvalue weighted by Gasteiger charge is -2.12. The standard InChI is InChI=1S/C25H17F2N3O5S2/c1-14-2-6-17(7-3-14)36-21-9-4-15(10-20(21)30(34)35)11-22-24(32)29(25(33)37-22)13-23(31)28-19-8-5-16(26)12-18(19)27/h2-12H,13H2,1H3,(H,28,31)/b22-11-. The minimum absolute atomic E-state index is 0.0287. The first kappa shape index (κ1) is 26.0. The first-order valence-electron chi connectivity index (χ1n) is 10.6. The number of imide groups is 1. The Morgan fingerprint density at radius 2 is 1.84 bits per heavy atom. The van der Waals surface area contributed by atoms with Gasteiger partial charge in [-0.3, -0.25) is 29.4 Å². The van der Waals surface area contributed by atoms with Gasteiger partial charge in [0.25, 0.3) is 16.8 Å². The highest BCUT2D eigenvalue weighted by molar-refractivity contribution is 8.18. The summed E-state index contributed by atoms with van der Waals surface area (Å²) >= 11 is 1.80. The molecule has 0 atom stereocenters. The fraction of sp³-hybridized carbons (Fsp3) is 0.0800. The number of anilines is 1. The van der Waals surface area contributed by atoms with E-state index in [0.29, 0.717) is 33.2 Å². The monoisotopic (exact) mass is 541 g/mol. The SMILES string of the molecule is Cc1ccc(Sc2ccc(/C=C3\SC(=O)N(CC(=O)Nc4ccc(F)cc4F)C3=O)cc2[N+](=O)[O-])cc1. The highest BCUT2D eigenvalue weighted by Gasteiger charge is 2.36. The third-order valence-corrected chi connectivity index (χ3v) is 7.09. The molecule has 1 aliphatic rings. The highest BCUT2D eigenvalue weighted by Crippen LogP contribution is 2.37. The number of nitrogens with one attached hydrogen (secondary N) is 1. The molecule has 8 nitrogen and oxygen atoms in total. The molecule has 37 heavy (non-hydrogen) atoms. The van der Waals surface area contributed by atoms with Crippen LogP contribution >= 0.6 is 23.5 Å². The van der Waals surface area contributed by atoms with Gasteiger partial charge in [-0.05, 0) is 60.7 Å². The molecule has 12 heteroatoms. The zero-order chi connectivity index (χ0) is 26.7. The minimum atomic E-state index is -1.01. The summed E-state index contributed by atoms with van der Waals surface area (Å²) in [6.45, 7) is 1.25. The summed E-state index contributed by atoms with van der Waals surface area (Å²) in [6.07, 6.45) is 1.33. The zero-order valence-corrected chi connectivity index (χ0v) is 20.7. The van der Waals surface area contributed by atoms with Crippen LogP contribution in [0.1, 0.15) is 11.1 Å². The van der Waals surface area contributed by atoms with Crippen LogP contribution in [0, 0.1) is 28.7 Å². The third-order valence-electron chi connectivity index (χ3n) is 5.11. The second kappa shape index (κ2) is 10.9. The molecule has 3 amide bonds. The predicted octanol–water partition coefficient (Wildman–Crippen LogP) is 6.01. The number of nitrogens with zero attached hydrogens (tertiary/aromatic N) is 2. The first-order chi connectivity index (χ1) is 17.6. The molecule has 1 heterocycles. The van der Waals surface area contributed by atoms with Crippen LogP contribution in [0.15, 0.2) is 75.4 Å². The molecule has 0 radical (unpaired) electrons. The van der Waals surface area contributed by atoms with Gasteiger partial charge in [0.05, 0.1) is 20.4 Å². The number of benzene rings is 3. The number of carbonyl (C=O) groups excluding carboxylic acids is 3. The number of nitro groups is 1. The molecule has 188 valence electrons. The number of hydrogen-bond donors (Lipinski definition) is 1. The van der Waals surface area contributed by atoms with Gasteiger partial charge in [0.1, 0.15) is 18.2 Å². The minimum Gasteiger partial charge on any atom is -0.322 e. The molecule has 1 fully saturated rings. The molecule has 3 aromatic rings. The van der Waals surface area contributed by atoms with E-state index in [1.54, 1.807) is 12.1 Å². The van der Waals surface area contributed by atoms with Gasteiger partial charge in [-0.2, -0.15) is 0 Å². The first-order valence-corrected chi connectivity index (χ1v) is 12.3. The second-order valence-electron chi connectivity index (χ2n) is 7.84. The van der Waals surface area contributed by atoms with Gasteiger partial charge in [0.2, 0.25) is 5.91 Å². The van der Waals surface area contributed by atoms with Gasteiger partial charge in [-0.1, -0.05) is 35.5 Å². The van der Waals surface area contributed by atoms with Gasteiger partial charge in [0.15, 0.2) is 0 Å². The quantitative estimate of drug-likeness (QED) is 0.222. The molecule has 1 N–H and O–H groups in total. The van der Waals surface area contributed by atoms with Crippen LogP contribution in [0.5, 0.6) is 0 Å². The van der Waals surface area contributed by atoms with E-state index in [1.165, 1.54) is 23.9 Å². The van der Waals surface area contributed by atoms with Crippen LogP contribution in [-0.4, -0.2) is 33.4 Å². The molecule has 0 saturated carbocycles. The van der Waals surface area contributed by atoms with E-state index in [-0.39, 0.29) is 16.3 Å². The number of aryl methyl sites for hydroxylation is 1. The van der Waals surface area contributed by atoms with Crippen molar-refractivity contribution in [1.29, 1.82) is 0 Å². The fourth-order valence-electron chi connectivity index (χ4n) is 3.30. The maximum Gasteiger partial charge on any atom is 0.294 e. The lowest BCUT2D eigenvalue weighted by molar-refractivity contribution is -0.387. The average molecular weight is 542 g/mol.